The summed E-state index contributed by atoms with van der Waals surface area (Å²) >= 11 is 5.85. The zero-order chi connectivity index (χ0) is 17.9. The first-order chi connectivity index (χ1) is 12.7. The van der Waals surface area contributed by atoms with E-state index in [1.54, 1.807) is 24.3 Å². The van der Waals surface area contributed by atoms with E-state index >= 15 is 0 Å². The third-order valence-corrected chi connectivity index (χ3v) is 4.32. The van der Waals surface area contributed by atoms with Crippen molar-refractivity contribution in [2.24, 2.45) is 0 Å². The second-order valence-corrected chi connectivity index (χ2v) is 6.33. The van der Waals surface area contributed by atoms with E-state index in [1.807, 2.05) is 53.2 Å². The molecule has 0 saturated carbocycles. The smallest absolute Gasteiger partial charge is 0.255 e. The van der Waals surface area contributed by atoms with E-state index < -0.39 is 0 Å². The maximum atomic E-state index is 12.2. The Kier molecular flexibility index (Phi) is 4.37. The second-order valence-electron chi connectivity index (χ2n) is 5.89. The van der Waals surface area contributed by atoms with E-state index in [1.165, 1.54) is 0 Å². The summed E-state index contributed by atoms with van der Waals surface area (Å²) < 4.78 is 1.86. The molecule has 1 heterocycles. The number of halogens is 1. The molecule has 0 bridgehead atoms. The molecule has 0 spiro atoms. The van der Waals surface area contributed by atoms with E-state index in [2.05, 4.69) is 15.6 Å². The average Bonchev–Trinajstić information content (AvgIpc) is 3.07. The predicted molar refractivity (Wildman–Crippen MR) is 102 cm³/mol. The molecule has 1 aromatic heterocycles. The standard InChI is InChI=1S/C20H15ClN4O/c21-16-9-7-15(8-10-16)20(26)22-17-11-5-14(6-12-17)13-25-19-4-2-1-3-18(19)23-24-25/h1-12H,13H2,(H,22,26). The Morgan fingerprint density at radius 2 is 1.69 bits per heavy atom. The van der Waals surface area contributed by atoms with E-state index in [4.69, 9.17) is 11.6 Å². The maximum Gasteiger partial charge on any atom is 0.255 e. The van der Waals surface area contributed by atoms with Gasteiger partial charge in [-0.05, 0) is 54.1 Å². The Morgan fingerprint density at radius 3 is 2.46 bits per heavy atom. The van der Waals surface area contributed by atoms with Crippen LogP contribution in [0.3, 0.4) is 0 Å². The summed E-state index contributed by atoms with van der Waals surface area (Å²) in [5.41, 5.74) is 4.24. The van der Waals surface area contributed by atoms with Gasteiger partial charge in [0.2, 0.25) is 0 Å². The molecule has 1 amide bonds. The summed E-state index contributed by atoms with van der Waals surface area (Å²) in [5.74, 6) is -0.170. The number of hydrogen-bond acceptors (Lipinski definition) is 3. The number of nitrogens with one attached hydrogen (secondary N) is 1. The van der Waals surface area contributed by atoms with Gasteiger partial charge >= 0.3 is 0 Å². The number of fused-ring (bicyclic) bond motifs is 1. The lowest BCUT2D eigenvalue weighted by Crippen LogP contribution is -2.11. The predicted octanol–water partition coefficient (Wildman–Crippen LogP) is 4.39. The van der Waals surface area contributed by atoms with Gasteiger partial charge in [-0.15, -0.1) is 5.10 Å². The van der Waals surface area contributed by atoms with Gasteiger partial charge in [0.15, 0.2) is 0 Å². The second kappa shape index (κ2) is 6.98. The topological polar surface area (TPSA) is 59.8 Å². The van der Waals surface area contributed by atoms with Crippen molar-refractivity contribution in [1.82, 2.24) is 15.0 Å². The minimum absolute atomic E-state index is 0.170. The average molecular weight is 363 g/mol. The highest BCUT2D eigenvalue weighted by atomic mass is 35.5. The highest BCUT2D eigenvalue weighted by molar-refractivity contribution is 6.30. The van der Waals surface area contributed by atoms with Crippen LogP contribution in [-0.4, -0.2) is 20.9 Å². The van der Waals surface area contributed by atoms with E-state index in [-0.39, 0.29) is 5.91 Å². The first kappa shape index (κ1) is 16.3. The number of amides is 1. The van der Waals surface area contributed by atoms with Crippen LogP contribution >= 0.6 is 11.6 Å². The maximum absolute atomic E-state index is 12.2. The summed E-state index contributed by atoms with van der Waals surface area (Å²) in [5, 5.41) is 11.8. The largest absolute Gasteiger partial charge is 0.322 e. The van der Waals surface area contributed by atoms with E-state index in [0.717, 1.165) is 22.3 Å². The summed E-state index contributed by atoms with van der Waals surface area (Å²) in [7, 11) is 0. The Bertz CT molecular complexity index is 1060. The van der Waals surface area contributed by atoms with Crippen molar-refractivity contribution >= 4 is 34.2 Å². The normalized spacial score (nSPS) is 10.8. The van der Waals surface area contributed by atoms with Crippen LogP contribution in [0.2, 0.25) is 5.02 Å². The van der Waals surface area contributed by atoms with Crippen molar-refractivity contribution < 1.29 is 4.79 Å². The molecule has 0 aliphatic heterocycles. The number of para-hydroxylation sites is 1. The number of anilines is 1. The number of benzene rings is 3. The van der Waals surface area contributed by atoms with E-state index in [0.29, 0.717) is 17.1 Å². The fourth-order valence-electron chi connectivity index (χ4n) is 2.71. The van der Waals surface area contributed by atoms with Crippen molar-refractivity contribution in [1.29, 1.82) is 0 Å². The van der Waals surface area contributed by atoms with Crippen molar-refractivity contribution in [3.05, 3.63) is 88.9 Å². The fraction of sp³-hybridized carbons (Fsp3) is 0.0500. The fourth-order valence-corrected chi connectivity index (χ4v) is 2.83. The van der Waals surface area contributed by atoms with Crippen LogP contribution in [0, 0.1) is 0 Å². The number of carbonyl (C=O) groups is 1. The van der Waals surface area contributed by atoms with Crippen LogP contribution in [-0.2, 0) is 6.54 Å². The molecule has 0 saturated heterocycles. The van der Waals surface area contributed by atoms with Gasteiger partial charge in [-0.3, -0.25) is 4.79 Å². The first-order valence-corrected chi connectivity index (χ1v) is 8.51. The molecular formula is C20H15ClN4O. The molecule has 0 aliphatic rings. The summed E-state index contributed by atoms with van der Waals surface area (Å²) in [6.45, 7) is 0.617. The summed E-state index contributed by atoms with van der Waals surface area (Å²) in [6, 6.07) is 22.3. The Hall–Kier alpha value is -3.18. The summed E-state index contributed by atoms with van der Waals surface area (Å²) in [6.07, 6.45) is 0. The Labute approximate surface area is 155 Å². The Morgan fingerprint density at radius 1 is 0.962 bits per heavy atom. The van der Waals surface area contributed by atoms with Crippen LogP contribution in [0.15, 0.2) is 72.8 Å². The molecule has 0 atom stereocenters. The van der Waals surface area contributed by atoms with Crippen molar-refractivity contribution in [2.45, 2.75) is 6.54 Å². The van der Waals surface area contributed by atoms with Crippen molar-refractivity contribution in [2.75, 3.05) is 5.32 Å². The Balaban J connectivity index is 1.46. The molecule has 0 fully saturated rings. The lowest BCUT2D eigenvalue weighted by Gasteiger charge is -2.07. The molecule has 4 rings (SSSR count). The minimum Gasteiger partial charge on any atom is -0.322 e. The van der Waals surface area contributed by atoms with Crippen molar-refractivity contribution in [3.63, 3.8) is 0 Å². The van der Waals surface area contributed by atoms with Gasteiger partial charge in [0.05, 0.1) is 12.1 Å². The van der Waals surface area contributed by atoms with Crippen molar-refractivity contribution in [3.8, 4) is 0 Å². The van der Waals surface area contributed by atoms with E-state index in [9.17, 15) is 4.79 Å². The highest BCUT2D eigenvalue weighted by Gasteiger charge is 2.07. The molecule has 0 unspecified atom stereocenters. The number of aromatic nitrogens is 3. The highest BCUT2D eigenvalue weighted by Crippen LogP contribution is 2.16. The first-order valence-electron chi connectivity index (χ1n) is 8.13. The number of carbonyl (C=O) groups excluding carboxylic acids is 1. The van der Waals surface area contributed by atoms with Gasteiger partial charge in [-0.1, -0.05) is 41.1 Å². The molecule has 128 valence electrons. The number of nitrogens with zero attached hydrogens (tertiary/aromatic N) is 3. The molecule has 26 heavy (non-hydrogen) atoms. The molecule has 0 aliphatic carbocycles. The van der Waals surface area contributed by atoms with Crippen LogP contribution in [0.25, 0.3) is 11.0 Å². The molecule has 3 aromatic carbocycles. The lowest BCUT2D eigenvalue weighted by atomic mass is 10.2. The number of hydrogen-bond donors (Lipinski definition) is 1. The van der Waals surface area contributed by atoms with Crippen LogP contribution in [0.4, 0.5) is 5.69 Å². The summed E-state index contributed by atoms with van der Waals surface area (Å²) in [4.78, 5) is 12.2. The van der Waals surface area contributed by atoms with Gasteiger partial charge < -0.3 is 5.32 Å². The van der Waals surface area contributed by atoms with Crippen LogP contribution < -0.4 is 5.32 Å². The lowest BCUT2D eigenvalue weighted by molar-refractivity contribution is 0.102. The van der Waals surface area contributed by atoms with Crippen LogP contribution in [0.5, 0.6) is 0 Å². The molecule has 6 heteroatoms. The third-order valence-electron chi connectivity index (χ3n) is 4.07. The molecule has 0 radical (unpaired) electrons. The minimum atomic E-state index is -0.170. The van der Waals surface area contributed by atoms with Gasteiger partial charge in [0.25, 0.3) is 5.91 Å². The van der Waals surface area contributed by atoms with Gasteiger partial charge in [0, 0.05) is 16.3 Å². The molecule has 1 N–H and O–H groups in total. The monoisotopic (exact) mass is 362 g/mol. The van der Waals surface area contributed by atoms with Gasteiger partial charge in [0.1, 0.15) is 5.52 Å². The zero-order valence-corrected chi connectivity index (χ0v) is 14.5. The number of rotatable bonds is 4. The SMILES string of the molecule is O=C(Nc1ccc(Cn2nnc3ccccc32)cc1)c1ccc(Cl)cc1. The van der Waals surface area contributed by atoms with Gasteiger partial charge in [-0.2, -0.15) is 0 Å². The zero-order valence-electron chi connectivity index (χ0n) is 13.8. The molecule has 4 aromatic rings. The quantitative estimate of drug-likeness (QED) is 0.586. The molecular weight excluding hydrogens is 348 g/mol. The van der Waals surface area contributed by atoms with Crippen LogP contribution in [0.1, 0.15) is 15.9 Å². The third kappa shape index (κ3) is 3.43. The van der Waals surface area contributed by atoms with Gasteiger partial charge in [-0.25, -0.2) is 4.68 Å². The molecule has 5 nitrogen and oxygen atoms in total.